The van der Waals surface area contributed by atoms with Gasteiger partial charge in [0.1, 0.15) is 5.52 Å². The molecule has 0 aliphatic heterocycles. The first-order chi connectivity index (χ1) is 8.61. The SMILES string of the molecule is O=[N+]([O-])c1c2cccnc2c(Cl)c2nnn(O)c12. The second-order valence-corrected chi connectivity index (χ2v) is 3.87. The molecule has 3 aromatic rings. The van der Waals surface area contributed by atoms with Crippen LogP contribution in [-0.4, -0.2) is 30.3 Å². The number of hydrogen-bond donors (Lipinski definition) is 1. The number of nitro groups is 1. The molecule has 1 aromatic carbocycles. The first-order valence-corrected chi connectivity index (χ1v) is 5.14. The molecule has 18 heavy (non-hydrogen) atoms. The number of nitro benzene ring substituents is 1. The number of nitrogens with zero attached hydrogens (tertiary/aromatic N) is 5. The lowest BCUT2D eigenvalue weighted by molar-refractivity contribution is -0.381. The van der Waals surface area contributed by atoms with E-state index < -0.39 is 4.92 Å². The second-order valence-electron chi connectivity index (χ2n) is 3.50. The van der Waals surface area contributed by atoms with E-state index in [2.05, 4.69) is 15.3 Å². The summed E-state index contributed by atoms with van der Waals surface area (Å²) in [5, 5.41) is 27.9. The fourth-order valence-corrected chi connectivity index (χ4v) is 2.10. The van der Waals surface area contributed by atoms with Crippen LogP contribution in [0.5, 0.6) is 0 Å². The highest BCUT2D eigenvalue weighted by Gasteiger charge is 2.26. The molecular weight excluding hydrogens is 262 g/mol. The summed E-state index contributed by atoms with van der Waals surface area (Å²) >= 11 is 6.05. The number of halogens is 1. The first-order valence-electron chi connectivity index (χ1n) is 4.76. The van der Waals surface area contributed by atoms with Gasteiger partial charge in [-0.25, -0.2) is 0 Å². The summed E-state index contributed by atoms with van der Waals surface area (Å²) in [6, 6.07) is 3.04. The van der Waals surface area contributed by atoms with Crippen molar-refractivity contribution in [2.45, 2.75) is 0 Å². The normalized spacial score (nSPS) is 11.2. The maximum absolute atomic E-state index is 11.1. The molecule has 0 saturated carbocycles. The van der Waals surface area contributed by atoms with E-state index in [1.807, 2.05) is 0 Å². The van der Waals surface area contributed by atoms with Gasteiger partial charge in [-0.2, -0.15) is 0 Å². The van der Waals surface area contributed by atoms with Crippen molar-refractivity contribution in [3.05, 3.63) is 33.5 Å². The Bertz CT molecular complexity index is 800. The lowest BCUT2D eigenvalue weighted by Gasteiger charge is -2.02. The molecule has 0 aliphatic rings. The van der Waals surface area contributed by atoms with Gasteiger partial charge in [0, 0.05) is 6.20 Å². The summed E-state index contributed by atoms with van der Waals surface area (Å²) in [5.74, 6) is 0. The zero-order valence-electron chi connectivity index (χ0n) is 8.61. The minimum Gasteiger partial charge on any atom is -0.410 e. The van der Waals surface area contributed by atoms with Crippen molar-refractivity contribution in [2.75, 3.05) is 0 Å². The van der Waals surface area contributed by atoms with Crippen LogP contribution in [0.25, 0.3) is 21.9 Å². The maximum Gasteiger partial charge on any atom is 0.310 e. The molecule has 0 saturated heterocycles. The van der Waals surface area contributed by atoms with E-state index >= 15 is 0 Å². The van der Waals surface area contributed by atoms with Crippen molar-refractivity contribution >= 4 is 39.2 Å². The number of benzene rings is 1. The lowest BCUT2D eigenvalue weighted by Crippen LogP contribution is -1.98. The fourth-order valence-electron chi connectivity index (χ4n) is 1.82. The Morgan fingerprint density at radius 3 is 2.94 bits per heavy atom. The Morgan fingerprint density at radius 1 is 1.44 bits per heavy atom. The molecule has 0 radical (unpaired) electrons. The quantitative estimate of drug-likeness (QED) is 0.408. The largest absolute Gasteiger partial charge is 0.410 e. The van der Waals surface area contributed by atoms with Gasteiger partial charge in [-0.15, -0.1) is 5.10 Å². The van der Waals surface area contributed by atoms with E-state index in [0.717, 1.165) is 0 Å². The molecule has 0 bridgehead atoms. The minimum absolute atomic E-state index is 0.0390. The molecule has 0 fully saturated rings. The highest BCUT2D eigenvalue weighted by Crippen LogP contribution is 2.37. The van der Waals surface area contributed by atoms with Crippen molar-refractivity contribution in [3.8, 4) is 0 Å². The molecule has 2 aromatic heterocycles. The van der Waals surface area contributed by atoms with Gasteiger partial charge in [0.25, 0.3) is 0 Å². The van der Waals surface area contributed by atoms with Gasteiger partial charge < -0.3 is 5.21 Å². The van der Waals surface area contributed by atoms with Crippen LogP contribution in [0.4, 0.5) is 5.69 Å². The zero-order chi connectivity index (χ0) is 12.9. The summed E-state index contributed by atoms with van der Waals surface area (Å²) in [5.41, 5.74) is -0.188. The van der Waals surface area contributed by atoms with E-state index in [4.69, 9.17) is 11.6 Å². The summed E-state index contributed by atoms with van der Waals surface area (Å²) < 4.78 is 0. The van der Waals surface area contributed by atoms with Crippen LogP contribution in [0.1, 0.15) is 0 Å². The van der Waals surface area contributed by atoms with Gasteiger partial charge in [-0.1, -0.05) is 16.4 Å². The van der Waals surface area contributed by atoms with E-state index in [0.29, 0.717) is 4.85 Å². The van der Waals surface area contributed by atoms with Crippen LogP contribution in [0.15, 0.2) is 18.3 Å². The number of non-ortho nitro benzene ring substituents is 1. The number of aromatic nitrogens is 4. The van der Waals surface area contributed by atoms with E-state index in [9.17, 15) is 15.3 Å². The Hall–Kier alpha value is -2.48. The number of rotatable bonds is 1. The highest BCUT2D eigenvalue weighted by molar-refractivity contribution is 6.40. The molecule has 0 spiro atoms. The van der Waals surface area contributed by atoms with Gasteiger partial charge in [-0.3, -0.25) is 15.1 Å². The molecule has 3 rings (SSSR count). The standard InChI is InChI=1S/C9H4ClN5O3/c10-5-6-4(2-1-3-11-6)8(15(17)18)9-7(5)12-13-14(9)16/h1-3,16H. The van der Waals surface area contributed by atoms with Gasteiger partial charge in [0.15, 0.2) is 0 Å². The Balaban J connectivity index is 2.69. The predicted molar refractivity (Wildman–Crippen MR) is 61.7 cm³/mol. The molecular formula is C9H4ClN5O3. The van der Waals surface area contributed by atoms with Gasteiger partial charge in [0.2, 0.25) is 5.52 Å². The van der Waals surface area contributed by atoms with Crippen LogP contribution in [0, 0.1) is 10.1 Å². The fraction of sp³-hybridized carbons (Fsp3) is 0. The van der Waals surface area contributed by atoms with Crippen molar-refractivity contribution in [1.29, 1.82) is 0 Å². The summed E-state index contributed by atoms with van der Waals surface area (Å²) in [6.07, 6.45) is 1.47. The number of fused-ring (bicyclic) bond motifs is 2. The van der Waals surface area contributed by atoms with Crippen molar-refractivity contribution in [2.24, 2.45) is 0 Å². The molecule has 2 heterocycles. The average Bonchev–Trinajstić information content (AvgIpc) is 2.72. The Morgan fingerprint density at radius 2 is 2.22 bits per heavy atom. The average molecular weight is 266 g/mol. The van der Waals surface area contributed by atoms with Crippen LogP contribution in [-0.2, 0) is 0 Å². The molecule has 0 aliphatic carbocycles. The van der Waals surface area contributed by atoms with E-state index in [1.54, 1.807) is 6.07 Å². The minimum atomic E-state index is -0.626. The monoisotopic (exact) mass is 265 g/mol. The van der Waals surface area contributed by atoms with E-state index in [1.165, 1.54) is 12.3 Å². The van der Waals surface area contributed by atoms with Crippen LogP contribution >= 0.6 is 11.6 Å². The zero-order valence-corrected chi connectivity index (χ0v) is 9.37. The molecule has 0 unspecified atom stereocenters. The predicted octanol–water partition coefficient (Wildman–Crippen LogP) is 1.78. The van der Waals surface area contributed by atoms with Crippen molar-refractivity contribution < 1.29 is 10.1 Å². The molecule has 8 nitrogen and oxygen atoms in total. The molecule has 1 N–H and O–H groups in total. The van der Waals surface area contributed by atoms with Crippen LogP contribution < -0.4 is 0 Å². The third-order valence-electron chi connectivity index (χ3n) is 2.54. The van der Waals surface area contributed by atoms with Crippen LogP contribution in [0.2, 0.25) is 5.02 Å². The summed E-state index contributed by atoms with van der Waals surface area (Å²) in [7, 11) is 0. The van der Waals surface area contributed by atoms with Gasteiger partial charge in [-0.05, 0) is 17.3 Å². The molecule has 9 heteroatoms. The molecule has 0 atom stereocenters. The number of pyridine rings is 1. The smallest absolute Gasteiger partial charge is 0.310 e. The Labute approximate surface area is 104 Å². The summed E-state index contributed by atoms with van der Waals surface area (Å²) in [4.78, 5) is 14.8. The third kappa shape index (κ3) is 1.23. The lowest BCUT2D eigenvalue weighted by atomic mass is 10.1. The molecule has 90 valence electrons. The van der Waals surface area contributed by atoms with Crippen molar-refractivity contribution in [3.63, 3.8) is 0 Å². The third-order valence-corrected chi connectivity index (χ3v) is 2.90. The first kappa shape index (κ1) is 10.7. The Kier molecular flexibility index (Phi) is 2.08. The van der Waals surface area contributed by atoms with Crippen LogP contribution in [0.3, 0.4) is 0 Å². The van der Waals surface area contributed by atoms with Gasteiger partial charge in [0.05, 0.1) is 20.8 Å². The van der Waals surface area contributed by atoms with E-state index in [-0.39, 0.29) is 32.6 Å². The topological polar surface area (TPSA) is 107 Å². The number of hydrogen-bond acceptors (Lipinski definition) is 6. The van der Waals surface area contributed by atoms with Gasteiger partial charge >= 0.3 is 5.69 Å². The highest BCUT2D eigenvalue weighted by atomic mass is 35.5. The maximum atomic E-state index is 11.1. The van der Waals surface area contributed by atoms with Crippen molar-refractivity contribution in [1.82, 2.24) is 20.1 Å². The molecule has 0 amide bonds. The summed E-state index contributed by atoms with van der Waals surface area (Å²) in [6.45, 7) is 0. The second kappa shape index (κ2) is 3.50.